The predicted octanol–water partition coefficient (Wildman–Crippen LogP) is 3.23. The van der Waals surface area contributed by atoms with Crippen LogP contribution in [0.2, 0.25) is 0 Å². The molecule has 4 rings (SSSR count). The highest BCUT2D eigenvalue weighted by Gasteiger charge is 2.37. The average Bonchev–Trinajstić information content (AvgIpc) is 2.99. The quantitative estimate of drug-likeness (QED) is 0.901. The molecule has 0 amide bonds. The number of hydrogen-bond donors (Lipinski definition) is 2. The Morgan fingerprint density at radius 3 is 2.36 bits per heavy atom. The van der Waals surface area contributed by atoms with E-state index in [2.05, 4.69) is 11.0 Å². The van der Waals surface area contributed by atoms with E-state index in [-0.39, 0.29) is 17.8 Å². The molecular weight excluding hydrogens is 317 g/mol. The maximum absolute atomic E-state index is 13.1. The van der Waals surface area contributed by atoms with Gasteiger partial charge in [0.05, 0.1) is 12.2 Å². The minimum atomic E-state index is -0.548. The van der Waals surface area contributed by atoms with Crippen LogP contribution in [0.3, 0.4) is 0 Å². The Morgan fingerprint density at radius 1 is 1.00 bits per heavy atom. The van der Waals surface area contributed by atoms with Crippen molar-refractivity contribution in [3.05, 3.63) is 71.0 Å². The van der Waals surface area contributed by atoms with E-state index in [9.17, 15) is 14.6 Å². The van der Waals surface area contributed by atoms with Crippen molar-refractivity contribution in [2.45, 2.75) is 37.5 Å². The largest absolute Gasteiger partial charge is 0.388 e. The number of benzene rings is 2. The van der Waals surface area contributed by atoms with E-state index in [1.807, 2.05) is 18.2 Å². The third kappa shape index (κ3) is 3.22. The third-order valence-electron chi connectivity index (χ3n) is 5.87. The molecule has 132 valence electrons. The fourth-order valence-electron chi connectivity index (χ4n) is 4.38. The van der Waals surface area contributed by atoms with E-state index in [1.54, 1.807) is 12.1 Å². The molecular formula is C21H24FNO2. The van der Waals surface area contributed by atoms with Crippen molar-refractivity contribution in [1.82, 2.24) is 4.90 Å². The van der Waals surface area contributed by atoms with Crippen molar-refractivity contribution in [1.29, 1.82) is 0 Å². The smallest absolute Gasteiger partial charge is 0.123 e. The zero-order chi connectivity index (χ0) is 17.4. The molecule has 3 nitrogen and oxygen atoms in total. The van der Waals surface area contributed by atoms with Crippen molar-refractivity contribution < 1.29 is 14.6 Å². The Balaban J connectivity index is 1.38. The number of aliphatic hydroxyl groups excluding tert-OH is 2. The number of fused-ring (bicyclic) bond motifs is 1. The fourth-order valence-corrected chi connectivity index (χ4v) is 4.38. The molecule has 0 radical (unpaired) electrons. The molecule has 0 saturated carbocycles. The summed E-state index contributed by atoms with van der Waals surface area (Å²) in [4.78, 5) is 2.36. The fraction of sp³-hybridized carbons (Fsp3) is 0.429. The topological polar surface area (TPSA) is 43.7 Å². The minimum absolute atomic E-state index is 0.140. The van der Waals surface area contributed by atoms with Crippen molar-refractivity contribution in [3.8, 4) is 0 Å². The molecule has 4 heteroatoms. The zero-order valence-corrected chi connectivity index (χ0v) is 14.2. The normalized spacial score (nSPS) is 25.7. The second-order valence-electron chi connectivity index (χ2n) is 7.28. The lowest BCUT2D eigenvalue weighted by molar-refractivity contribution is 0.0106. The molecule has 25 heavy (non-hydrogen) atoms. The van der Waals surface area contributed by atoms with Gasteiger partial charge in [0, 0.05) is 6.04 Å². The molecule has 0 bridgehead atoms. The monoisotopic (exact) mass is 341 g/mol. The van der Waals surface area contributed by atoms with Crippen LogP contribution in [0.15, 0.2) is 48.5 Å². The van der Waals surface area contributed by atoms with Gasteiger partial charge in [-0.15, -0.1) is 0 Å². The van der Waals surface area contributed by atoms with Crippen LogP contribution < -0.4 is 0 Å². The first-order chi connectivity index (χ1) is 12.1. The molecule has 3 unspecified atom stereocenters. The maximum Gasteiger partial charge on any atom is 0.123 e. The summed E-state index contributed by atoms with van der Waals surface area (Å²) in [5, 5.41) is 21.2. The summed E-state index contributed by atoms with van der Waals surface area (Å²) in [5.74, 6) is -0.0943. The Labute approximate surface area is 147 Å². The summed E-state index contributed by atoms with van der Waals surface area (Å²) in [6.07, 6.45) is 1.70. The molecule has 2 N–H and O–H groups in total. The van der Waals surface area contributed by atoms with Crippen LogP contribution in [0.4, 0.5) is 4.39 Å². The van der Waals surface area contributed by atoms with Gasteiger partial charge in [-0.3, -0.25) is 4.90 Å². The average molecular weight is 341 g/mol. The second kappa shape index (κ2) is 6.87. The lowest BCUT2D eigenvalue weighted by Gasteiger charge is -2.38. The number of likely N-dealkylation sites (tertiary alicyclic amines) is 1. The van der Waals surface area contributed by atoms with Crippen LogP contribution in [-0.4, -0.2) is 34.2 Å². The van der Waals surface area contributed by atoms with Crippen LogP contribution in [0, 0.1) is 11.7 Å². The zero-order valence-electron chi connectivity index (χ0n) is 14.2. The predicted molar refractivity (Wildman–Crippen MR) is 94.6 cm³/mol. The highest BCUT2D eigenvalue weighted by Crippen LogP contribution is 2.38. The van der Waals surface area contributed by atoms with Gasteiger partial charge in [0.1, 0.15) is 5.82 Å². The highest BCUT2D eigenvalue weighted by atomic mass is 19.1. The van der Waals surface area contributed by atoms with Crippen LogP contribution >= 0.6 is 0 Å². The number of halogens is 1. The van der Waals surface area contributed by atoms with Gasteiger partial charge in [0.15, 0.2) is 0 Å². The van der Waals surface area contributed by atoms with E-state index in [0.717, 1.165) is 43.5 Å². The van der Waals surface area contributed by atoms with Gasteiger partial charge < -0.3 is 10.2 Å². The molecule has 0 spiro atoms. The number of hydrogen-bond acceptors (Lipinski definition) is 3. The molecule has 1 fully saturated rings. The van der Waals surface area contributed by atoms with E-state index < -0.39 is 12.2 Å². The van der Waals surface area contributed by atoms with Crippen LogP contribution in [0.5, 0.6) is 0 Å². The lowest BCUT2D eigenvalue weighted by atomic mass is 9.86. The highest BCUT2D eigenvalue weighted by molar-refractivity contribution is 5.36. The molecule has 1 saturated heterocycles. The van der Waals surface area contributed by atoms with E-state index in [1.165, 1.54) is 17.7 Å². The summed E-state index contributed by atoms with van der Waals surface area (Å²) in [7, 11) is 0. The second-order valence-corrected chi connectivity index (χ2v) is 7.28. The Hall–Kier alpha value is -1.75. The Kier molecular flexibility index (Phi) is 4.59. The van der Waals surface area contributed by atoms with Gasteiger partial charge in [0.25, 0.3) is 0 Å². The van der Waals surface area contributed by atoms with Gasteiger partial charge in [-0.25, -0.2) is 4.39 Å². The summed E-state index contributed by atoms with van der Waals surface area (Å²) in [6.45, 7) is 1.75. The van der Waals surface area contributed by atoms with Crippen LogP contribution in [0.1, 0.15) is 41.7 Å². The first-order valence-corrected chi connectivity index (χ1v) is 9.07. The molecule has 2 aromatic rings. The number of nitrogens with zero attached hydrogens (tertiary/aromatic N) is 1. The number of aliphatic hydroxyl groups is 2. The summed E-state index contributed by atoms with van der Waals surface area (Å²) >= 11 is 0. The van der Waals surface area contributed by atoms with Crippen molar-refractivity contribution in [3.63, 3.8) is 0 Å². The SMILES string of the molecule is OC(c1ccc(F)cc1)C1CCN(C2Cc3ccccc3C2O)CC1. The molecule has 2 aromatic carbocycles. The molecule has 0 aromatic heterocycles. The first-order valence-electron chi connectivity index (χ1n) is 9.07. The maximum atomic E-state index is 13.1. The Bertz CT molecular complexity index is 725. The molecule has 1 heterocycles. The molecule has 3 atom stereocenters. The lowest BCUT2D eigenvalue weighted by Crippen LogP contribution is -2.44. The van der Waals surface area contributed by atoms with Gasteiger partial charge in [0.2, 0.25) is 0 Å². The molecule has 1 aliphatic heterocycles. The Morgan fingerprint density at radius 2 is 1.68 bits per heavy atom. The van der Waals surface area contributed by atoms with Gasteiger partial charge in [-0.05, 0) is 67.1 Å². The van der Waals surface area contributed by atoms with E-state index in [4.69, 9.17) is 0 Å². The summed E-state index contributed by atoms with van der Waals surface area (Å²) in [6, 6.07) is 14.4. The van der Waals surface area contributed by atoms with Crippen molar-refractivity contribution in [2.24, 2.45) is 5.92 Å². The standard InChI is InChI=1S/C21H24FNO2/c22-17-7-5-14(6-8-17)20(24)15-9-11-23(12-10-15)19-13-16-3-1-2-4-18(16)21(19)25/h1-8,15,19-21,24-25H,9-13H2. The number of rotatable bonds is 3. The van der Waals surface area contributed by atoms with E-state index >= 15 is 0 Å². The van der Waals surface area contributed by atoms with Crippen molar-refractivity contribution >= 4 is 0 Å². The van der Waals surface area contributed by atoms with Crippen LogP contribution in [0.25, 0.3) is 0 Å². The first kappa shape index (κ1) is 16.7. The number of piperidine rings is 1. The van der Waals surface area contributed by atoms with Gasteiger partial charge in [-0.1, -0.05) is 36.4 Å². The van der Waals surface area contributed by atoms with Gasteiger partial charge >= 0.3 is 0 Å². The molecule has 1 aliphatic carbocycles. The summed E-state index contributed by atoms with van der Waals surface area (Å²) < 4.78 is 13.1. The van der Waals surface area contributed by atoms with Crippen molar-refractivity contribution in [2.75, 3.05) is 13.1 Å². The van der Waals surface area contributed by atoms with Gasteiger partial charge in [-0.2, -0.15) is 0 Å². The third-order valence-corrected chi connectivity index (χ3v) is 5.87. The molecule has 2 aliphatic rings. The minimum Gasteiger partial charge on any atom is -0.388 e. The van der Waals surface area contributed by atoms with E-state index in [0.29, 0.717) is 0 Å². The van der Waals surface area contributed by atoms with Crippen LogP contribution in [-0.2, 0) is 6.42 Å². The summed E-state index contributed by atoms with van der Waals surface area (Å²) in [5.41, 5.74) is 3.09.